The van der Waals surface area contributed by atoms with Crippen molar-refractivity contribution in [3.63, 3.8) is 0 Å². The number of benzene rings is 1. The summed E-state index contributed by atoms with van der Waals surface area (Å²) in [6.45, 7) is 2.28. The lowest BCUT2D eigenvalue weighted by atomic mass is 9.91. The fourth-order valence-electron chi connectivity index (χ4n) is 2.25. The Bertz CT molecular complexity index is 421. The molecule has 2 rings (SSSR count). The fraction of sp³-hybridized carbons (Fsp3) is 0.533. The number of hydrogen-bond acceptors (Lipinski definition) is 4. The first kappa shape index (κ1) is 14.4. The quantitative estimate of drug-likeness (QED) is 0.804. The van der Waals surface area contributed by atoms with Crippen LogP contribution in [0.15, 0.2) is 30.3 Å². The van der Waals surface area contributed by atoms with Gasteiger partial charge in [-0.3, -0.25) is 0 Å². The summed E-state index contributed by atoms with van der Waals surface area (Å²) >= 11 is 1.63. The van der Waals surface area contributed by atoms with Gasteiger partial charge in [-0.05, 0) is 37.5 Å². The number of cyclic esters (lactones) is 1. The van der Waals surface area contributed by atoms with Gasteiger partial charge in [0.15, 0.2) is 5.60 Å². The van der Waals surface area contributed by atoms with Crippen molar-refractivity contribution in [1.82, 2.24) is 0 Å². The van der Waals surface area contributed by atoms with Crippen molar-refractivity contribution in [2.45, 2.75) is 37.0 Å². The van der Waals surface area contributed by atoms with E-state index < -0.39 is 11.6 Å². The van der Waals surface area contributed by atoms with E-state index >= 15 is 0 Å². The number of hydrogen-bond donors (Lipinski definition) is 1. The molecule has 1 fully saturated rings. The summed E-state index contributed by atoms with van der Waals surface area (Å²) in [5.41, 5.74) is -0.941. The van der Waals surface area contributed by atoms with Gasteiger partial charge in [0.1, 0.15) is 0 Å². The maximum absolute atomic E-state index is 12.3. The number of rotatable bonds is 1. The van der Waals surface area contributed by atoms with Crippen molar-refractivity contribution in [2.24, 2.45) is 0 Å². The molecule has 3 nitrogen and oxygen atoms in total. The molecule has 1 aliphatic rings. The van der Waals surface area contributed by atoms with E-state index in [-0.39, 0.29) is 5.25 Å². The Balaban J connectivity index is 2.31. The minimum atomic E-state index is -1.55. The number of carbonyl (C=O) groups excluding carboxylic acids is 1. The van der Waals surface area contributed by atoms with Gasteiger partial charge in [0, 0.05) is 5.25 Å². The molecule has 0 amide bonds. The maximum Gasteiger partial charge on any atom is 0.344 e. The molecule has 0 spiro atoms. The van der Waals surface area contributed by atoms with Crippen molar-refractivity contribution >= 4 is 17.7 Å². The minimum Gasteiger partial charge on any atom is -0.463 e. The number of esters is 1. The van der Waals surface area contributed by atoms with E-state index in [1.807, 2.05) is 25.1 Å². The Morgan fingerprint density at radius 2 is 2.00 bits per heavy atom. The Morgan fingerprint density at radius 1 is 1.26 bits per heavy atom. The molecule has 1 aliphatic heterocycles. The molecular formula is C15H20O3S. The van der Waals surface area contributed by atoms with Crippen LogP contribution in [0.1, 0.15) is 31.7 Å². The van der Waals surface area contributed by atoms with Crippen LogP contribution >= 0.6 is 11.8 Å². The lowest BCUT2D eigenvalue weighted by Gasteiger charge is -2.32. The Kier molecular flexibility index (Phi) is 4.88. The molecule has 1 N–H and O–H groups in total. The fourth-order valence-corrected chi connectivity index (χ4v) is 3.45. The molecule has 1 saturated heterocycles. The highest BCUT2D eigenvalue weighted by Crippen LogP contribution is 2.35. The van der Waals surface area contributed by atoms with E-state index in [1.165, 1.54) is 0 Å². The Labute approximate surface area is 118 Å². The zero-order valence-electron chi connectivity index (χ0n) is 11.2. The largest absolute Gasteiger partial charge is 0.463 e. The van der Waals surface area contributed by atoms with Crippen molar-refractivity contribution in [3.05, 3.63) is 35.9 Å². The summed E-state index contributed by atoms with van der Waals surface area (Å²) in [7, 11) is 0. The molecule has 0 radical (unpaired) electrons. The van der Waals surface area contributed by atoms with E-state index in [0.717, 1.165) is 25.0 Å². The zero-order chi connectivity index (χ0) is 13.7. The van der Waals surface area contributed by atoms with Gasteiger partial charge in [0.2, 0.25) is 0 Å². The molecule has 4 heteroatoms. The molecule has 2 atom stereocenters. The van der Waals surface area contributed by atoms with Crippen LogP contribution in [0.4, 0.5) is 0 Å². The highest BCUT2D eigenvalue weighted by molar-refractivity contribution is 7.99. The Hall–Kier alpha value is -1.00. The van der Waals surface area contributed by atoms with Crippen LogP contribution < -0.4 is 0 Å². The first-order valence-electron chi connectivity index (χ1n) is 6.72. The average molecular weight is 280 g/mol. The van der Waals surface area contributed by atoms with Gasteiger partial charge >= 0.3 is 5.97 Å². The third-order valence-corrected chi connectivity index (χ3v) is 4.87. The summed E-state index contributed by atoms with van der Waals surface area (Å²) in [4.78, 5) is 12.3. The van der Waals surface area contributed by atoms with Crippen molar-refractivity contribution in [1.29, 1.82) is 0 Å². The van der Waals surface area contributed by atoms with Gasteiger partial charge in [-0.15, -0.1) is 0 Å². The van der Waals surface area contributed by atoms with Gasteiger partial charge in [0.05, 0.1) is 6.61 Å². The average Bonchev–Trinajstić information content (AvgIpc) is 2.45. The molecule has 104 valence electrons. The third kappa shape index (κ3) is 3.12. The smallest absolute Gasteiger partial charge is 0.344 e. The van der Waals surface area contributed by atoms with E-state index in [1.54, 1.807) is 23.9 Å². The van der Waals surface area contributed by atoms with Crippen LogP contribution in [0.2, 0.25) is 0 Å². The summed E-state index contributed by atoms with van der Waals surface area (Å²) in [6, 6.07) is 9.10. The predicted octanol–water partition coefficient (Wildman–Crippen LogP) is 2.72. The zero-order valence-corrected chi connectivity index (χ0v) is 12.0. The minimum absolute atomic E-state index is 0.222. The molecule has 2 unspecified atom stereocenters. The van der Waals surface area contributed by atoms with Gasteiger partial charge in [-0.2, -0.15) is 11.8 Å². The number of thioether (sulfide) groups is 1. The summed E-state index contributed by atoms with van der Waals surface area (Å²) in [5.74, 6) is 0.435. The number of ether oxygens (including phenoxy) is 1. The second kappa shape index (κ2) is 6.44. The second-order valence-electron chi connectivity index (χ2n) is 4.84. The van der Waals surface area contributed by atoms with Crippen LogP contribution in [0.3, 0.4) is 0 Å². The van der Waals surface area contributed by atoms with E-state index in [0.29, 0.717) is 12.2 Å². The molecule has 19 heavy (non-hydrogen) atoms. The molecular weight excluding hydrogens is 260 g/mol. The molecule has 0 aromatic heterocycles. The van der Waals surface area contributed by atoms with Crippen molar-refractivity contribution in [3.8, 4) is 0 Å². The maximum atomic E-state index is 12.3. The summed E-state index contributed by atoms with van der Waals surface area (Å²) in [6.07, 6.45) is 3.03. The number of aliphatic hydroxyl groups is 1. The predicted molar refractivity (Wildman–Crippen MR) is 77.1 cm³/mol. The van der Waals surface area contributed by atoms with Crippen LogP contribution in [0, 0.1) is 0 Å². The lowest BCUT2D eigenvalue weighted by Crippen LogP contribution is -2.45. The Morgan fingerprint density at radius 3 is 2.74 bits per heavy atom. The molecule has 1 aromatic carbocycles. The number of carbonyl (C=O) groups is 1. The van der Waals surface area contributed by atoms with Gasteiger partial charge < -0.3 is 9.84 Å². The van der Waals surface area contributed by atoms with Gasteiger partial charge in [-0.1, -0.05) is 30.3 Å². The van der Waals surface area contributed by atoms with E-state index in [4.69, 9.17) is 4.74 Å². The molecule has 1 heterocycles. The normalized spacial score (nSPS) is 29.6. The SMILES string of the molecule is CC1SCCCCCOC(=O)C1(O)c1ccccc1. The molecule has 0 aliphatic carbocycles. The van der Waals surface area contributed by atoms with Crippen LogP contribution in [-0.4, -0.2) is 28.7 Å². The highest BCUT2D eigenvalue weighted by Gasteiger charge is 2.45. The van der Waals surface area contributed by atoms with Crippen LogP contribution in [0.25, 0.3) is 0 Å². The van der Waals surface area contributed by atoms with Crippen LogP contribution in [-0.2, 0) is 15.1 Å². The molecule has 1 aromatic rings. The lowest BCUT2D eigenvalue weighted by molar-refractivity contribution is -0.166. The first-order chi connectivity index (χ1) is 9.15. The summed E-state index contributed by atoms with van der Waals surface area (Å²) in [5, 5.41) is 10.7. The van der Waals surface area contributed by atoms with Gasteiger partial charge in [0.25, 0.3) is 0 Å². The highest BCUT2D eigenvalue weighted by atomic mass is 32.2. The summed E-state index contributed by atoms with van der Waals surface area (Å²) < 4.78 is 5.26. The van der Waals surface area contributed by atoms with Crippen molar-refractivity contribution in [2.75, 3.05) is 12.4 Å². The second-order valence-corrected chi connectivity index (χ2v) is 6.29. The topological polar surface area (TPSA) is 46.5 Å². The molecule has 0 bridgehead atoms. The van der Waals surface area contributed by atoms with Crippen LogP contribution in [0.5, 0.6) is 0 Å². The standard InChI is InChI=1S/C15H20O3S/c1-12-15(17,13-8-4-2-5-9-13)14(16)18-10-6-3-7-11-19-12/h2,4-5,8-9,12,17H,3,6-7,10-11H2,1H3. The first-order valence-corrected chi connectivity index (χ1v) is 7.77. The van der Waals surface area contributed by atoms with E-state index in [9.17, 15) is 9.90 Å². The van der Waals surface area contributed by atoms with E-state index in [2.05, 4.69) is 0 Å². The molecule has 0 saturated carbocycles. The van der Waals surface area contributed by atoms with Crippen molar-refractivity contribution < 1.29 is 14.6 Å². The third-order valence-electron chi connectivity index (χ3n) is 3.50. The monoisotopic (exact) mass is 280 g/mol. The van der Waals surface area contributed by atoms with Gasteiger partial charge in [-0.25, -0.2) is 4.79 Å².